The van der Waals surface area contributed by atoms with Gasteiger partial charge in [0.15, 0.2) is 5.82 Å². The van der Waals surface area contributed by atoms with Crippen molar-refractivity contribution in [1.29, 1.82) is 0 Å². The Bertz CT molecular complexity index is 502. The van der Waals surface area contributed by atoms with E-state index in [1.54, 1.807) is 12.1 Å². The van der Waals surface area contributed by atoms with Crippen molar-refractivity contribution >= 4 is 11.7 Å². The van der Waals surface area contributed by atoms with E-state index in [1.807, 2.05) is 13.8 Å². The number of hydrogen-bond donors (Lipinski definition) is 2. The summed E-state index contributed by atoms with van der Waals surface area (Å²) in [6.07, 6.45) is 0.159. The molecule has 0 fully saturated rings. The normalized spacial score (nSPS) is 9.18. The fourth-order valence-corrected chi connectivity index (χ4v) is 1.33. The van der Waals surface area contributed by atoms with Crippen LogP contribution in [0.3, 0.4) is 0 Å². The van der Waals surface area contributed by atoms with Gasteiger partial charge in [-0.25, -0.2) is 0 Å². The average Bonchev–Trinajstić information content (AvgIpc) is 2.87. The number of carbonyl (C=O) groups excluding carboxylic acids is 1. The van der Waals surface area contributed by atoms with Crippen LogP contribution >= 0.6 is 0 Å². The summed E-state index contributed by atoms with van der Waals surface area (Å²) in [4.78, 5) is 11.5. The number of amides is 1. The van der Waals surface area contributed by atoms with Crippen molar-refractivity contribution in [1.82, 2.24) is 15.4 Å². The van der Waals surface area contributed by atoms with E-state index in [4.69, 9.17) is 4.52 Å². The van der Waals surface area contributed by atoms with E-state index in [2.05, 4.69) is 41.4 Å². The van der Waals surface area contributed by atoms with Crippen molar-refractivity contribution < 1.29 is 31.7 Å². The van der Waals surface area contributed by atoms with E-state index in [0.29, 0.717) is 17.5 Å². The van der Waals surface area contributed by atoms with Gasteiger partial charge in [0.25, 0.3) is 0 Å². The van der Waals surface area contributed by atoms with Crippen LogP contribution in [0.25, 0.3) is 0 Å². The van der Waals surface area contributed by atoms with Crippen molar-refractivity contribution in [2.75, 3.05) is 5.32 Å². The SMILES string of the molecule is Cc1cc(CC(=O)Nc2cc(C)[nH]n2)on1.[CH2-]C(C)C.[CH3-].[Nb+2]. The standard InChI is InChI=1S/C10H12N4O2.C4H9.CH3.Nb/c1-6-4-9(13-12-6)11-10(15)5-8-3-7(2)14-16-8;1-4(2)3;;/h3-4H,5H2,1-2H3,(H2,11,12,13,15);4H,1H2,2-3H3;1H3;/q;2*-1;+2. The van der Waals surface area contributed by atoms with Crippen LogP contribution in [0.5, 0.6) is 0 Å². The zero-order chi connectivity index (χ0) is 15.1. The maximum absolute atomic E-state index is 11.5. The molecule has 0 saturated carbocycles. The number of aryl methyl sites for hydroxylation is 2. The third-order valence-corrected chi connectivity index (χ3v) is 1.98. The number of aromatic nitrogens is 3. The third-order valence-electron chi connectivity index (χ3n) is 1.98. The molecule has 0 bridgehead atoms. The van der Waals surface area contributed by atoms with Gasteiger partial charge in [-0.3, -0.25) is 9.89 Å². The molecular weight excluding hydrogens is 361 g/mol. The van der Waals surface area contributed by atoms with Crippen LogP contribution < -0.4 is 5.32 Å². The zero-order valence-electron chi connectivity index (χ0n) is 13.8. The van der Waals surface area contributed by atoms with Crippen molar-refractivity contribution in [3.63, 3.8) is 0 Å². The van der Waals surface area contributed by atoms with Crippen LogP contribution in [0.2, 0.25) is 0 Å². The summed E-state index contributed by atoms with van der Waals surface area (Å²) < 4.78 is 4.94. The summed E-state index contributed by atoms with van der Waals surface area (Å²) in [5.41, 5.74) is 1.66. The number of nitrogens with one attached hydrogen (secondary N) is 2. The summed E-state index contributed by atoms with van der Waals surface area (Å²) in [6, 6.07) is 3.49. The Morgan fingerprint density at radius 2 is 2.00 bits per heavy atom. The van der Waals surface area contributed by atoms with Crippen LogP contribution in [0, 0.1) is 34.1 Å². The molecule has 2 aromatic rings. The molecule has 22 heavy (non-hydrogen) atoms. The molecule has 0 aromatic carbocycles. The number of carbonyl (C=O) groups is 1. The first-order chi connectivity index (χ1) is 9.36. The van der Waals surface area contributed by atoms with E-state index in [-0.39, 0.29) is 42.1 Å². The van der Waals surface area contributed by atoms with Gasteiger partial charge in [-0.1, -0.05) is 19.0 Å². The summed E-state index contributed by atoms with van der Waals surface area (Å²) in [7, 11) is 0. The number of H-pyrrole nitrogens is 1. The van der Waals surface area contributed by atoms with Gasteiger partial charge < -0.3 is 24.2 Å². The van der Waals surface area contributed by atoms with Gasteiger partial charge in [-0.05, 0) is 13.8 Å². The smallest absolute Gasteiger partial charge is 0.361 e. The second-order valence-electron chi connectivity index (χ2n) is 4.99. The molecule has 0 aliphatic carbocycles. The van der Waals surface area contributed by atoms with E-state index >= 15 is 0 Å². The van der Waals surface area contributed by atoms with Gasteiger partial charge in [0, 0.05) is 17.8 Å². The number of rotatable bonds is 3. The first-order valence-electron chi connectivity index (χ1n) is 6.44. The van der Waals surface area contributed by atoms with Crippen LogP contribution in [0.4, 0.5) is 5.82 Å². The maximum atomic E-state index is 11.5. The molecule has 0 spiro atoms. The Morgan fingerprint density at radius 1 is 1.41 bits per heavy atom. The molecule has 2 N–H and O–H groups in total. The quantitative estimate of drug-likeness (QED) is 0.628. The fourth-order valence-electron chi connectivity index (χ4n) is 1.33. The molecule has 2 heterocycles. The summed E-state index contributed by atoms with van der Waals surface area (Å²) in [5.74, 6) is 1.46. The molecule has 1 radical (unpaired) electrons. The second kappa shape index (κ2) is 11.2. The summed E-state index contributed by atoms with van der Waals surface area (Å²) in [5, 5.41) is 13.0. The van der Waals surface area contributed by atoms with Crippen LogP contribution in [-0.4, -0.2) is 21.3 Å². The second-order valence-corrected chi connectivity index (χ2v) is 4.99. The molecule has 0 unspecified atom stereocenters. The summed E-state index contributed by atoms with van der Waals surface area (Å²) >= 11 is 0. The monoisotopic (exact) mass is 385 g/mol. The molecule has 0 atom stereocenters. The molecule has 2 aromatic heterocycles. The van der Waals surface area contributed by atoms with Gasteiger partial charge >= 0.3 is 22.4 Å². The van der Waals surface area contributed by atoms with E-state index in [9.17, 15) is 4.79 Å². The minimum Gasteiger partial charge on any atom is -0.361 e. The number of anilines is 1. The van der Waals surface area contributed by atoms with Crippen molar-refractivity contribution in [2.24, 2.45) is 5.92 Å². The van der Waals surface area contributed by atoms with E-state index < -0.39 is 0 Å². The zero-order valence-corrected chi connectivity index (χ0v) is 16.0. The number of nitrogens with zero attached hydrogens (tertiary/aromatic N) is 2. The van der Waals surface area contributed by atoms with Crippen LogP contribution in [0.1, 0.15) is 31.0 Å². The van der Waals surface area contributed by atoms with Gasteiger partial charge in [-0.15, -0.1) is 0 Å². The number of aromatic amines is 1. The number of hydrogen-bond acceptors (Lipinski definition) is 4. The van der Waals surface area contributed by atoms with Crippen molar-refractivity contribution in [3.05, 3.63) is 43.6 Å². The molecule has 7 heteroatoms. The van der Waals surface area contributed by atoms with E-state index in [0.717, 1.165) is 11.4 Å². The van der Waals surface area contributed by atoms with Gasteiger partial charge in [0.05, 0.1) is 12.1 Å². The van der Waals surface area contributed by atoms with Crippen LogP contribution in [-0.2, 0) is 33.6 Å². The predicted molar refractivity (Wildman–Crippen MR) is 83.5 cm³/mol. The van der Waals surface area contributed by atoms with Gasteiger partial charge in [-0.2, -0.15) is 11.0 Å². The van der Waals surface area contributed by atoms with Gasteiger partial charge in [0.1, 0.15) is 5.76 Å². The molecule has 121 valence electrons. The van der Waals surface area contributed by atoms with E-state index in [1.165, 1.54) is 0 Å². The molecule has 0 aliphatic rings. The van der Waals surface area contributed by atoms with Crippen LogP contribution in [0.15, 0.2) is 16.7 Å². The topological polar surface area (TPSA) is 83.8 Å². The first-order valence-corrected chi connectivity index (χ1v) is 6.44. The Kier molecular flexibility index (Phi) is 11.7. The molecular formula is C15H24N4NbO2. The Balaban J connectivity index is 0. The molecule has 0 saturated heterocycles. The Morgan fingerprint density at radius 3 is 2.41 bits per heavy atom. The van der Waals surface area contributed by atoms with Gasteiger partial charge in [0.2, 0.25) is 5.91 Å². The maximum Gasteiger partial charge on any atom is 2.00 e. The third kappa shape index (κ3) is 9.55. The van der Waals surface area contributed by atoms with Crippen molar-refractivity contribution in [2.45, 2.75) is 34.1 Å². The Labute approximate surface area is 147 Å². The fraction of sp³-hybridized carbons (Fsp3) is 0.400. The van der Waals surface area contributed by atoms with Crippen molar-refractivity contribution in [3.8, 4) is 0 Å². The molecule has 0 aliphatic heterocycles. The minimum atomic E-state index is -0.178. The molecule has 6 nitrogen and oxygen atoms in total. The average molecular weight is 385 g/mol. The molecule has 1 amide bonds. The first kappa shape index (κ1) is 22.9. The minimum absolute atomic E-state index is 0. The predicted octanol–water partition coefficient (Wildman–Crippen LogP) is 3.12. The Hall–Kier alpha value is -1.37. The largest absolute Gasteiger partial charge is 2.00 e. The summed E-state index contributed by atoms with van der Waals surface area (Å²) in [6.45, 7) is 11.4. The molecule has 2 rings (SSSR count).